The van der Waals surface area contributed by atoms with Crippen molar-refractivity contribution in [1.29, 1.82) is 0 Å². The van der Waals surface area contributed by atoms with Crippen LogP contribution in [0.4, 0.5) is 0 Å². The second-order valence-electron chi connectivity index (χ2n) is 22.1. The maximum Gasteiger partial charge on any atom is 0.357 e. The first-order chi connectivity index (χ1) is 38.4. The van der Waals surface area contributed by atoms with E-state index in [9.17, 15) is 24.0 Å². The molecule has 2 heterocycles. The van der Waals surface area contributed by atoms with E-state index in [1.807, 2.05) is 157 Å². The van der Waals surface area contributed by atoms with E-state index in [4.69, 9.17) is 19.2 Å². The highest BCUT2D eigenvalue weighted by Gasteiger charge is 2.44. The van der Waals surface area contributed by atoms with Crippen LogP contribution in [0.5, 0.6) is 0 Å². The average Bonchev–Trinajstić information content (AvgIpc) is 4.18. The number of aromatic nitrogens is 1. The van der Waals surface area contributed by atoms with Crippen molar-refractivity contribution in [3.05, 3.63) is 160 Å². The Morgan fingerprint density at radius 3 is 1.82 bits per heavy atom. The molecule has 4 aromatic carbocycles. The van der Waals surface area contributed by atoms with Crippen molar-refractivity contribution in [2.45, 2.75) is 128 Å². The van der Waals surface area contributed by atoms with E-state index in [-0.39, 0.29) is 60.1 Å². The maximum absolute atomic E-state index is 14.6. The van der Waals surface area contributed by atoms with E-state index in [1.54, 1.807) is 43.3 Å². The Morgan fingerprint density at radius 2 is 1.32 bits per heavy atom. The summed E-state index contributed by atoms with van der Waals surface area (Å²) in [7, 11) is 8.60. The highest BCUT2D eigenvalue weighted by molar-refractivity contribution is 8.00. The van der Waals surface area contributed by atoms with Crippen LogP contribution >= 0.6 is 23.1 Å². The fourth-order valence-corrected chi connectivity index (χ4v) is 13.7. The molecule has 0 radical (unpaired) electrons. The first-order valence-electron chi connectivity index (χ1n) is 28.2. The molecule has 4 amide bonds. The zero-order chi connectivity index (χ0) is 58.1. The van der Waals surface area contributed by atoms with Crippen molar-refractivity contribution >= 4 is 52.7 Å². The topological polar surface area (TPSA) is 160 Å². The first kappa shape index (κ1) is 63.3. The summed E-state index contributed by atoms with van der Waals surface area (Å²) in [5, 5.41) is 8.56. The lowest BCUT2D eigenvalue weighted by Crippen LogP contribution is -2.59. The number of benzene rings is 4. The van der Waals surface area contributed by atoms with Crippen molar-refractivity contribution < 1.29 is 38.2 Å². The number of ether oxygens (including phenoxy) is 3. The Balaban J connectivity index is 1.14. The van der Waals surface area contributed by atoms with Gasteiger partial charge in [-0.05, 0) is 73.4 Å². The number of esters is 1. The molecule has 9 atom stereocenters. The Hall–Kier alpha value is -5.91. The molecule has 0 aliphatic carbocycles. The van der Waals surface area contributed by atoms with Gasteiger partial charge in [0.25, 0.3) is 0 Å². The lowest BCUT2D eigenvalue weighted by Gasteiger charge is -2.41. The fraction of sp³-hybridized carbons (Fsp3) is 0.500. The van der Waals surface area contributed by atoms with Gasteiger partial charge >= 0.3 is 5.97 Å². The van der Waals surface area contributed by atoms with Crippen LogP contribution in [-0.2, 0) is 44.6 Å². The van der Waals surface area contributed by atoms with Crippen molar-refractivity contribution in [1.82, 2.24) is 30.3 Å². The highest BCUT2D eigenvalue weighted by atomic mass is 32.2. The van der Waals surface area contributed by atoms with E-state index >= 15 is 0 Å². The molecule has 1 aromatic heterocycles. The number of nitrogens with one attached hydrogen (secondary N) is 2. The lowest BCUT2D eigenvalue weighted by molar-refractivity contribution is -0.148. The standard InChI is InChI=1S/C64H86N6O8S2/c1-13-44(6)57(69(10)62(74)55(42(2)3)67-60(73)56(43(4)5)68(8)9)53(76-11)40-54(71)70-36-26-35-52(70)58(77-12)45(7)59(72)65-50(39-46-27-18-14-19-28-46)61-66-51(41-79-61)63(75)78-37-38-80-64(47-29-20-15-21-30-47,48-31-22-16-23-32-48)49-33-24-17-25-34-49/h14-25,27-34,41-45,50,52-53,55-58H,13,26,35-40H2,1-12H3,(H,65,72)(H,67,73)/t44-,45+,50-,52-,53+,55-,56-,57-,58+/m0/s1. The number of carbonyl (C=O) groups is 5. The minimum Gasteiger partial charge on any atom is -0.460 e. The molecular formula is C64H86N6O8S2. The molecule has 432 valence electrons. The Morgan fingerprint density at radius 1 is 0.762 bits per heavy atom. The van der Waals surface area contributed by atoms with Crippen LogP contribution in [0.15, 0.2) is 127 Å². The molecule has 0 bridgehead atoms. The van der Waals surface area contributed by atoms with Gasteiger partial charge in [-0.1, -0.05) is 176 Å². The summed E-state index contributed by atoms with van der Waals surface area (Å²) in [5.41, 5.74) is 4.49. The number of thiazole rings is 1. The van der Waals surface area contributed by atoms with Gasteiger partial charge in [0.05, 0.1) is 53.5 Å². The van der Waals surface area contributed by atoms with E-state index < -0.39 is 59.1 Å². The second kappa shape index (κ2) is 30.2. The van der Waals surface area contributed by atoms with Crippen LogP contribution in [0.2, 0.25) is 0 Å². The molecule has 2 N–H and O–H groups in total. The summed E-state index contributed by atoms with van der Waals surface area (Å²) in [4.78, 5) is 81.3. The number of likely N-dealkylation sites (tertiary alicyclic amines) is 1. The van der Waals surface area contributed by atoms with Gasteiger partial charge in [-0.15, -0.1) is 23.1 Å². The second-order valence-corrected chi connectivity index (χ2v) is 24.3. The summed E-state index contributed by atoms with van der Waals surface area (Å²) >= 11 is 3.00. The number of nitrogens with zero attached hydrogens (tertiary/aromatic N) is 4. The van der Waals surface area contributed by atoms with Gasteiger partial charge in [-0.3, -0.25) is 24.1 Å². The highest BCUT2D eigenvalue weighted by Crippen LogP contribution is 2.48. The van der Waals surface area contributed by atoms with Gasteiger partial charge in [0.2, 0.25) is 23.6 Å². The fourth-order valence-electron chi connectivity index (χ4n) is 11.5. The van der Waals surface area contributed by atoms with Crippen LogP contribution < -0.4 is 10.6 Å². The van der Waals surface area contributed by atoms with Crippen LogP contribution in [0, 0.1) is 23.7 Å². The molecule has 1 aliphatic heterocycles. The van der Waals surface area contributed by atoms with E-state index in [0.717, 1.165) is 28.7 Å². The molecule has 1 aliphatic rings. The number of amides is 4. The molecule has 6 rings (SSSR count). The number of methoxy groups -OCH3 is 2. The Labute approximate surface area is 484 Å². The van der Waals surface area contributed by atoms with Gasteiger partial charge in [0, 0.05) is 38.9 Å². The number of thioether (sulfide) groups is 1. The summed E-state index contributed by atoms with van der Waals surface area (Å²) in [6.07, 6.45) is 1.14. The van der Waals surface area contributed by atoms with Crippen LogP contribution in [0.25, 0.3) is 0 Å². The van der Waals surface area contributed by atoms with E-state index in [2.05, 4.69) is 47.0 Å². The van der Waals surface area contributed by atoms with Crippen LogP contribution in [0.1, 0.15) is 118 Å². The van der Waals surface area contributed by atoms with Crippen molar-refractivity contribution in [2.24, 2.45) is 23.7 Å². The SMILES string of the molecule is CC[C@H](C)[C@@H]([C@@H](CC(=O)N1CCC[C@H]1[C@H](OC)[C@@H](C)C(=O)N[C@@H](Cc1ccccc1)c1nc(C(=O)OCCSC(c2ccccc2)(c2ccccc2)c2ccccc2)cs1)OC)N(C)C(=O)[C@@H](NC(=O)[C@H](C(C)C)N(C)C)C(C)C. The van der Waals surface area contributed by atoms with Gasteiger partial charge in [0.1, 0.15) is 17.7 Å². The smallest absolute Gasteiger partial charge is 0.357 e. The number of hydrogen-bond acceptors (Lipinski definition) is 12. The largest absolute Gasteiger partial charge is 0.460 e. The molecule has 80 heavy (non-hydrogen) atoms. The summed E-state index contributed by atoms with van der Waals surface area (Å²) in [5.74, 6) is -1.88. The number of hydrogen-bond donors (Lipinski definition) is 2. The molecule has 1 fully saturated rings. The third kappa shape index (κ3) is 15.5. The predicted molar refractivity (Wildman–Crippen MR) is 320 cm³/mol. The zero-order valence-corrected chi connectivity index (χ0v) is 50.6. The monoisotopic (exact) mass is 1130 g/mol. The van der Waals surface area contributed by atoms with Crippen molar-refractivity contribution in [3.8, 4) is 0 Å². The molecule has 0 saturated carbocycles. The molecule has 1 saturated heterocycles. The number of carbonyl (C=O) groups excluding carboxylic acids is 5. The third-order valence-corrected chi connectivity index (χ3v) is 18.2. The van der Waals surface area contributed by atoms with Crippen LogP contribution in [0.3, 0.4) is 0 Å². The first-order valence-corrected chi connectivity index (χ1v) is 30.1. The normalized spacial score (nSPS) is 16.8. The summed E-state index contributed by atoms with van der Waals surface area (Å²) < 4.78 is 17.7. The minimum atomic E-state index is -0.791. The van der Waals surface area contributed by atoms with E-state index in [1.165, 1.54) is 11.3 Å². The summed E-state index contributed by atoms with van der Waals surface area (Å²) in [6.45, 7) is 14.3. The quantitative estimate of drug-likeness (QED) is 0.0267. The molecule has 5 aromatic rings. The molecule has 0 spiro atoms. The van der Waals surface area contributed by atoms with E-state index in [0.29, 0.717) is 36.6 Å². The molecular weight excluding hydrogens is 1040 g/mol. The minimum absolute atomic E-state index is 0.00591. The van der Waals surface area contributed by atoms with Crippen LogP contribution in [-0.4, -0.2) is 140 Å². The third-order valence-electron chi connectivity index (χ3n) is 15.7. The number of rotatable bonds is 29. The van der Waals surface area contributed by atoms with Gasteiger partial charge in [-0.25, -0.2) is 9.78 Å². The lowest BCUT2D eigenvalue weighted by atomic mass is 9.84. The average molecular weight is 1130 g/mol. The molecule has 0 unspecified atom stereocenters. The van der Waals surface area contributed by atoms with Gasteiger partial charge in [0.15, 0.2) is 5.69 Å². The zero-order valence-electron chi connectivity index (χ0n) is 49.0. The van der Waals surface area contributed by atoms with Gasteiger partial charge in [-0.2, -0.15) is 0 Å². The molecule has 16 heteroatoms. The van der Waals surface area contributed by atoms with Crippen molar-refractivity contribution in [3.63, 3.8) is 0 Å². The Bertz CT molecular complexity index is 2630. The maximum atomic E-state index is 14.6. The van der Waals surface area contributed by atoms with Gasteiger partial charge < -0.3 is 34.6 Å². The Kier molecular flexibility index (Phi) is 23.9. The predicted octanol–water partition coefficient (Wildman–Crippen LogP) is 10.1. The number of likely N-dealkylation sites (N-methyl/N-ethyl adjacent to an activating group) is 2. The summed E-state index contributed by atoms with van der Waals surface area (Å²) in [6, 6.07) is 38.3. The van der Waals surface area contributed by atoms with Crippen molar-refractivity contribution in [2.75, 3.05) is 54.3 Å². The molecule has 14 nitrogen and oxygen atoms in total.